The van der Waals surface area contributed by atoms with Crippen molar-refractivity contribution in [3.63, 3.8) is 0 Å². The summed E-state index contributed by atoms with van der Waals surface area (Å²) in [5, 5.41) is 14.2. The Balaban J connectivity index is 1.28. The zero-order valence-corrected chi connectivity index (χ0v) is 31.6. The summed E-state index contributed by atoms with van der Waals surface area (Å²) in [5.41, 5.74) is -0.501. The van der Waals surface area contributed by atoms with Gasteiger partial charge in [0, 0.05) is 36.7 Å². The second kappa shape index (κ2) is 13.4. The summed E-state index contributed by atoms with van der Waals surface area (Å²) in [6.07, 6.45) is 12.4. The predicted octanol–water partition coefficient (Wildman–Crippen LogP) is 6.29. The minimum atomic E-state index is -0.671. The molecule has 1 saturated heterocycles. The van der Waals surface area contributed by atoms with E-state index in [0.29, 0.717) is 38.5 Å². The number of nitrogens with one attached hydrogen (secondary N) is 1. The number of hydrogen-bond donors (Lipinski definition) is 2. The Bertz CT molecular complexity index is 1480. The van der Waals surface area contributed by atoms with Crippen LogP contribution in [-0.2, 0) is 35.1 Å². The molecular formula is C40H61N3O7. The quantitative estimate of drug-likeness (QED) is 0.156. The molecule has 50 heavy (non-hydrogen) atoms. The van der Waals surface area contributed by atoms with Crippen molar-refractivity contribution in [2.24, 2.45) is 56.7 Å². The van der Waals surface area contributed by atoms with Gasteiger partial charge in [-0.2, -0.15) is 0 Å². The fourth-order valence-corrected chi connectivity index (χ4v) is 12.3. The van der Waals surface area contributed by atoms with Gasteiger partial charge in [0.15, 0.2) is 0 Å². The Morgan fingerprint density at radius 1 is 1.08 bits per heavy atom. The molecule has 0 spiro atoms. The summed E-state index contributed by atoms with van der Waals surface area (Å²) in [4.78, 5) is 43.4. The van der Waals surface area contributed by atoms with Gasteiger partial charge < -0.3 is 29.2 Å². The van der Waals surface area contributed by atoms with Gasteiger partial charge in [0.1, 0.15) is 12.2 Å². The first kappa shape index (κ1) is 37.1. The van der Waals surface area contributed by atoms with Crippen LogP contribution in [-0.4, -0.2) is 71.1 Å². The maximum absolute atomic E-state index is 13.4. The van der Waals surface area contributed by atoms with Gasteiger partial charge in [0.2, 0.25) is 0 Å². The maximum Gasteiger partial charge on any atom is 0.320 e. The number of imidazole rings is 1. The number of allylic oxidation sites excluding steroid dienone is 1. The average molecular weight is 696 g/mol. The van der Waals surface area contributed by atoms with Crippen molar-refractivity contribution in [2.75, 3.05) is 26.3 Å². The number of nitrogens with zero attached hydrogens (tertiary/aromatic N) is 2. The smallest absolute Gasteiger partial charge is 0.320 e. The first-order valence-corrected chi connectivity index (χ1v) is 19.1. The van der Waals surface area contributed by atoms with Crippen molar-refractivity contribution in [3.8, 4) is 0 Å². The third-order valence-corrected chi connectivity index (χ3v) is 15.2. The number of aryl methyl sites for hydroxylation is 1. The molecule has 3 saturated carbocycles. The van der Waals surface area contributed by atoms with Gasteiger partial charge in [0.25, 0.3) is 0 Å². The van der Waals surface area contributed by atoms with Crippen LogP contribution < -0.4 is 5.32 Å². The molecule has 0 radical (unpaired) electrons. The molecule has 2 bridgehead atoms. The number of aliphatic carboxylic acids is 1. The molecule has 5 aliphatic rings. The van der Waals surface area contributed by atoms with Crippen LogP contribution in [0.1, 0.15) is 100 Å². The summed E-state index contributed by atoms with van der Waals surface area (Å²) in [7, 11) is 0. The highest BCUT2D eigenvalue weighted by Crippen LogP contribution is 2.75. The highest BCUT2D eigenvalue weighted by Gasteiger charge is 2.72. The molecule has 2 heterocycles. The van der Waals surface area contributed by atoms with Crippen LogP contribution in [0.3, 0.4) is 0 Å². The Labute approximate surface area is 298 Å². The van der Waals surface area contributed by atoms with E-state index in [2.05, 4.69) is 64.8 Å². The number of ether oxygens (including phenoxy) is 3. The molecule has 0 aromatic carbocycles. The molecule has 1 aromatic heterocycles. The first-order chi connectivity index (χ1) is 23.5. The van der Waals surface area contributed by atoms with Gasteiger partial charge in [-0.05, 0) is 91.4 Å². The Kier molecular flexibility index (Phi) is 9.90. The Morgan fingerprint density at radius 3 is 2.50 bits per heavy atom. The SMILES string of the molecule is CC(=O)O[C@@H]1C[C@]23COC[C@](C)([C@@H]2CC[C@H]2C3=CC[C@@]3(C)[C@H](C(=O)O)[C@@](C)([C@H](C)C(C)C)CC[C@]23C)[C@H]1OC(=O)CNCCCn1ccnc1. The molecule has 10 nitrogen and oxygen atoms in total. The number of rotatable bonds is 11. The standard InChI is InChI=1S/C40H61N3O7/c1-25(2)26(3)36(5)14-15-38(7)28-10-11-31-37(6)22-48-23-40(31,29(28)12-13-39(38,8)33(36)35(46)47)20-30(49-27(4)44)34(37)50-32(45)21-41-16-9-18-43-19-17-42-24-43/h12,17,19,24-26,28,30-31,33-34,41H,9-11,13-16,18,20-23H2,1-8H3,(H,46,47)/t26-,28+,30-,31+,33-,34+,36-,37-,38-,39+,40-/m1/s1. The third kappa shape index (κ3) is 5.75. The van der Waals surface area contributed by atoms with E-state index in [4.69, 9.17) is 14.2 Å². The molecule has 10 heteroatoms. The van der Waals surface area contributed by atoms with E-state index < -0.39 is 34.9 Å². The fraction of sp³-hybridized carbons (Fsp3) is 0.800. The van der Waals surface area contributed by atoms with Crippen LogP contribution in [0.2, 0.25) is 0 Å². The number of carbonyl (C=O) groups excluding carboxylic acids is 2. The van der Waals surface area contributed by atoms with Crippen LogP contribution >= 0.6 is 0 Å². The largest absolute Gasteiger partial charge is 0.481 e. The lowest BCUT2D eigenvalue weighted by molar-refractivity contribution is -0.262. The maximum atomic E-state index is 13.4. The normalized spacial score (nSPS) is 41.2. The second-order valence-corrected chi connectivity index (χ2v) is 17.9. The molecule has 2 N–H and O–H groups in total. The zero-order valence-electron chi connectivity index (χ0n) is 31.6. The molecule has 278 valence electrons. The second-order valence-electron chi connectivity index (χ2n) is 17.9. The minimum Gasteiger partial charge on any atom is -0.481 e. The Morgan fingerprint density at radius 2 is 1.84 bits per heavy atom. The lowest BCUT2D eigenvalue weighted by atomic mass is 9.34. The van der Waals surface area contributed by atoms with Crippen molar-refractivity contribution in [1.82, 2.24) is 14.9 Å². The highest BCUT2D eigenvalue weighted by atomic mass is 16.6. The van der Waals surface area contributed by atoms with Crippen molar-refractivity contribution in [3.05, 3.63) is 30.4 Å². The molecule has 0 unspecified atom stereocenters. The number of fused-ring (bicyclic) bond motifs is 3. The molecule has 1 aromatic rings. The zero-order chi connectivity index (χ0) is 36.3. The molecule has 4 fully saturated rings. The number of aromatic nitrogens is 2. The monoisotopic (exact) mass is 695 g/mol. The molecule has 1 aliphatic heterocycles. The topological polar surface area (TPSA) is 129 Å². The molecule has 0 amide bonds. The van der Waals surface area contributed by atoms with Gasteiger partial charge in [-0.15, -0.1) is 0 Å². The summed E-state index contributed by atoms with van der Waals surface area (Å²) < 4.78 is 20.9. The summed E-state index contributed by atoms with van der Waals surface area (Å²) in [5.74, 6) is -0.829. The van der Waals surface area contributed by atoms with E-state index in [1.165, 1.54) is 12.5 Å². The van der Waals surface area contributed by atoms with Crippen molar-refractivity contribution in [1.29, 1.82) is 0 Å². The van der Waals surface area contributed by atoms with E-state index >= 15 is 0 Å². The van der Waals surface area contributed by atoms with Crippen LogP contribution in [0.4, 0.5) is 0 Å². The lowest BCUT2D eigenvalue weighted by Crippen LogP contribution is -2.70. The fourth-order valence-electron chi connectivity index (χ4n) is 12.3. The van der Waals surface area contributed by atoms with Gasteiger partial charge in [-0.3, -0.25) is 14.4 Å². The van der Waals surface area contributed by atoms with E-state index in [-0.39, 0.29) is 52.5 Å². The van der Waals surface area contributed by atoms with Crippen molar-refractivity contribution >= 4 is 17.9 Å². The van der Waals surface area contributed by atoms with Gasteiger partial charge in [0.05, 0.1) is 32.0 Å². The van der Waals surface area contributed by atoms with Crippen LogP contribution in [0.5, 0.6) is 0 Å². The van der Waals surface area contributed by atoms with Crippen molar-refractivity contribution in [2.45, 2.75) is 119 Å². The van der Waals surface area contributed by atoms with E-state index in [0.717, 1.165) is 38.6 Å². The molecule has 4 aliphatic carbocycles. The summed E-state index contributed by atoms with van der Waals surface area (Å²) in [6, 6.07) is 0. The molecule has 6 rings (SSSR count). The number of hydrogen-bond acceptors (Lipinski definition) is 8. The van der Waals surface area contributed by atoms with Crippen LogP contribution in [0, 0.1) is 56.7 Å². The van der Waals surface area contributed by atoms with E-state index in [9.17, 15) is 19.5 Å². The van der Waals surface area contributed by atoms with Crippen molar-refractivity contribution < 1.29 is 33.7 Å². The average Bonchev–Trinajstić information content (AvgIpc) is 3.56. The third-order valence-electron chi connectivity index (χ3n) is 15.2. The van der Waals surface area contributed by atoms with Gasteiger partial charge in [-0.25, -0.2) is 4.98 Å². The van der Waals surface area contributed by atoms with Gasteiger partial charge >= 0.3 is 17.9 Å². The first-order valence-electron chi connectivity index (χ1n) is 19.1. The Hall–Kier alpha value is -2.72. The number of carboxylic acids is 1. The summed E-state index contributed by atoms with van der Waals surface area (Å²) in [6.45, 7) is 19.6. The van der Waals surface area contributed by atoms with E-state index in [1.807, 2.05) is 10.8 Å². The highest BCUT2D eigenvalue weighted by molar-refractivity contribution is 5.73. The molecular weight excluding hydrogens is 634 g/mol. The number of carboxylic acid groups (broad SMARTS) is 1. The predicted molar refractivity (Wildman–Crippen MR) is 189 cm³/mol. The van der Waals surface area contributed by atoms with Gasteiger partial charge in [-0.1, -0.05) is 60.1 Å². The molecule has 11 atom stereocenters. The van der Waals surface area contributed by atoms with Crippen LogP contribution in [0.25, 0.3) is 0 Å². The lowest BCUT2D eigenvalue weighted by Gasteiger charge is -2.71. The number of esters is 2. The van der Waals surface area contributed by atoms with E-state index in [1.54, 1.807) is 12.5 Å². The van der Waals surface area contributed by atoms with Crippen LogP contribution in [0.15, 0.2) is 30.4 Å². The summed E-state index contributed by atoms with van der Waals surface area (Å²) >= 11 is 0. The minimum absolute atomic E-state index is 0.0726. The number of carbonyl (C=O) groups is 3.